The lowest BCUT2D eigenvalue weighted by atomic mass is 10.0. The number of likely N-dealkylation sites (N-methyl/N-ethyl adjacent to an activating group) is 1. The molecule has 0 bridgehead atoms. The molecule has 11 heteroatoms. The first-order valence-corrected chi connectivity index (χ1v) is 14.7. The lowest BCUT2D eigenvalue weighted by Gasteiger charge is -2.27. The van der Waals surface area contributed by atoms with Crippen LogP contribution in [0.25, 0.3) is 0 Å². The molecule has 1 unspecified atom stereocenters. The van der Waals surface area contributed by atoms with Crippen LogP contribution in [0, 0.1) is 5.92 Å². The van der Waals surface area contributed by atoms with Crippen molar-refractivity contribution in [1.82, 2.24) is 21.0 Å². The number of nitrogens with one attached hydrogen (secondary N) is 3. The van der Waals surface area contributed by atoms with E-state index in [-0.39, 0.29) is 32.0 Å². The van der Waals surface area contributed by atoms with Gasteiger partial charge >= 0.3 is 6.09 Å². The van der Waals surface area contributed by atoms with Gasteiger partial charge in [-0.15, -0.1) is 0 Å². The van der Waals surface area contributed by atoms with Crippen LogP contribution in [0.4, 0.5) is 4.79 Å². The van der Waals surface area contributed by atoms with Gasteiger partial charge in [0.15, 0.2) is 1.41 Å². The molecule has 3 aromatic carbocycles. The minimum Gasteiger partial charge on any atom is -0.445 e. The molecule has 0 aliphatic heterocycles. The molecule has 0 saturated carbocycles. The Bertz CT molecular complexity index is 1400. The number of amides is 4. The van der Waals surface area contributed by atoms with Gasteiger partial charge in [-0.1, -0.05) is 105 Å². The van der Waals surface area contributed by atoms with Gasteiger partial charge in [-0.3, -0.25) is 19.2 Å². The molecule has 11 nitrogen and oxygen atoms in total. The molecule has 45 heavy (non-hydrogen) atoms. The highest BCUT2D eigenvalue weighted by molar-refractivity contribution is 5.93. The molecule has 0 saturated heterocycles. The number of carbonyl (C=O) groups excluding carboxylic acids is 4. The summed E-state index contributed by atoms with van der Waals surface area (Å²) in [7, 11) is 2.76. The van der Waals surface area contributed by atoms with E-state index in [1.807, 2.05) is 50.2 Å². The van der Waals surface area contributed by atoms with Crippen molar-refractivity contribution in [3.63, 3.8) is 0 Å². The van der Waals surface area contributed by atoms with Crippen molar-refractivity contribution in [3.05, 3.63) is 108 Å². The predicted octanol–water partition coefficient (Wildman–Crippen LogP) is 3.39. The van der Waals surface area contributed by atoms with E-state index in [4.69, 9.17) is 15.7 Å². The van der Waals surface area contributed by atoms with Crippen LogP contribution in [0.5, 0.6) is 0 Å². The van der Waals surface area contributed by atoms with Crippen LogP contribution in [-0.4, -0.2) is 68.0 Å². The molecule has 0 aliphatic carbocycles. The molecule has 3 N–H and O–H groups in total. The summed E-state index contributed by atoms with van der Waals surface area (Å²) < 4.78 is 19.7. The Kier molecular flexibility index (Phi) is 13.4. The lowest BCUT2D eigenvalue weighted by Crippen LogP contribution is -2.58. The van der Waals surface area contributed by atoms with E-state index in [2.05, 4.69) is 10.6 Å². The third-order valence-corrected chi connectivity index (χ3v) is 6.63. The third kappa shape index (κ3) is 12.0. The Balaban J connectivity index is 1.83. The average molecular weight is 620 g/mol. The molecule has 0 spiro atoms. The van der Waals surface area contributed by atoms with Gasteiger partial charge in [0.05, 0.1) is 13.7 Å². The highest BCUT2D eigenvalue weighted by atomic mass is 16.7. The van der Waals surface area contributed by atoms with Crippen molar-refractivity contribution < 1.29 is 34.9 Å². The molecule has 4 amide bonds. The Morgan fingerprint density at radius 2 is 1.27 bits per heavy atom. The smallest absolute Gasteiger partial charge is 0.408 e. The largest absolute Gasteiger partial charge is 0.445 e. The normalized spacial score (nSPS) is 13.1. The van der Waals surface area contributed by atoms with E-state index < -0.39 is 42.1 Å². The number of benzene rings is 3. The summed E-state index contributed by atoms with van der Waals surface area (Å²) in [5.74, 6) is -2.13. The molecule has 0 radical (unpaired) electrons. The van der Waals surface area contributed by atoms with Gasteiger partial charge in [0.1, 0.15) is 18.7 Å². The average Bonchev–Trinajstić information content (AvgIpc) is 3.07. The number of alkyl carbamates (subject to hydrolysis) is 1. The van der Waals surface area contributed by atoms with Crippen molar-refractivity contribution in [2.24, 2.45) is 5.92 Å². The number of hydroxylamine groups is 2. The minimum atomic E-state index is -1.54. The standard InChI is InChI=1S/C34H42N4O7/c1-24(2)22-44-32(31(40)35-29(33(41)38(3)43-4)21-26-16-10-6-11-17-26)37-30(39)28(20-25-14-8-5-9-15-25)36-34(42)45-23-27-18-12-7-13-19-27/h5-19,24,28-29,32H,20-23H2,1-4H3,(H,35,40)(H,36,42)(H,37,39)/t28-,29-,32?/m0/s1/i/hD. The maximum atomic E-state index is 13.8. The van der Waals surface area contributed by atoms with Crippen LogP contribution < -0.4 is 15.9 Å². The van der Waals surface area contributed by atoms with Crippen molar-refractivity contribution in [2.45, 2.75) is 51.6 Å². The van der Waals surface area contributed by atoms with Crippen LogP contribution in [0.2, 0.25) is 1.41 Å². The monoisotopic (exact) mass is 619 g/mol. The van der Waals surface area contributed by atoms with Crippen LogP contribution in [0.3, 0.4) is 0 Å². The first kappa shape index (κ1) is 33.2. The Morgan fingerprint density at radius 3 is 1.78 bits per heavy atom. The fourth-order valence-electron chi connectivity index (χ4n) is 4.22. The van der Waals surface area contributed by atoms with Crippen molar-refractivity contribution in [1.29, 1.82) is 0 Å². The minimum absolute atomic E-state index is 0.00525. The molecular weight excluding hydrogens is 576 g/mol. The lowest BCUT2D eigenvalue weighted by molar-refractivity contribution is -0.172. The van der Waals surface area contributed by atoms with Gasteiger partial charge in [-0.05, 0) is 22.6 Å². The fraction of sp³-hybridized carbons (Fsp3) is 0.353. The van der Waals surface area contributed by atoms with Crippen LogP contribution in [-0.2, 0) is 48.1 Å². The Hall–Kier alpha value is -4.74. The van der Waals surface area contributed by atoms with Gasteiger partial charge < -0.3 is 25.4 Å². The van der Waals surface area contributed by atoms with Gasteiger partial charge in [-0.25, -0.2) is 9.86 Å². The van der Waals surface area contributed by atoms with Gasteiger partial charge in [0.2, 0.25) is 12.1 Å². The van der Waals surface area contributed by atoms with Gasteiger partial charge in [0.25, 0.3) is 11.8 Å². The van der Waals surface area contributed by atoms with Gasteiger partial charge in [0, 0.05) is 19.9 Å². The molecule has 3 aromatic rings. The van der Waals surface area contributed by atoms with Crippen molar-refractivity contribution >= 4 is 23.8 Å². The molecule has 0 aliphatic rings. The molecule has 3 rings (SSSR count). The zero-order valence-electron chi connectivity index (χ0n) is 27.1. The zero-order chi connectivity index (χ0) is 33.5. The number of carbonyl (C=O) groups is 4. The van der Waals surface area contributed by atoms with E-state index in [0.717, 1.165) is 10.6 Å². The Morgan fingerprint density at radius 1 is 0.756 bits per heavy atom. The molecule has 240 valence electrons. The molecule has 0 heterocycles. The van der Waals surface area contributed by atoms with Crippen LogP contribution >= 0.6 is 0 Å². The summed E-state index contributed by atoms with van der Waals surface area (Å²) in [5, 5.41) is 6.70. The maximum Gasteiger partial charge on any atom is 0.408 e. The summed E-state index contributed by atoms with van der Waals surface area (Å²) in [6, 6.07) is 24.5. The summed E-state index contributed by atoms with van der Waals surface area (Å²) in [6.45, 7) is 3.75. The molecule has 3 atom stereocenters. The van der Waals surface area contributed by atoms with E-state index in [0.29, 0.717) is 16.4 Å². The SMILES string of the molecule is [2H]N(C(=O)OCc1ccccc1)[C@@H](Cc1ccccc1)C(=O)NC(OCC(C)C)C(=O)N[C@@H](Cc1ccccc1)C(=O)N(C)OC. The van der Waals surface area contributed by atoms with Gasteiger partial charge in [-0.2, -0.15) is 0 Å². The zero-order valence-corrected chi connectivity index (χ0v) is 26.1. The molecule has 0 fully saturated rings. The third-order valence-electron chi connectivity index (χ3n) is 6.63. The molecule has 0 aromatic heterocycles. The number of rotatable bonds is 16. The summed E-state index contributed by atoms with van der Waals surface area (Å²) in [6.07, 6.45) is -2.47. The van der Waals surface area contributed by atoms with E-state index in [1.165, 1.54) is 14.2 Å². The number of hydrogen-bond acceptors (Lipinski definition) is 7. The van der Waals surface area contributed by atoms with Crippen LogP contribution in [0.1, 0.15) is 30.5 Å². The second-order valence-corrected chi connectivity index (χ2v) is 10.8. The highest BCUT2D eigenvalue weighted by Gasteiger charge is 2.32. The first-order valence-electron chi connectivity index (χ1n) is 15.1. The summed E-state index contributed by atoms with van der Waals surface area (Å²) in [5.41, 5.74) is 2.18. The first-order chi connectivity index (χ1) is 22.1. The topological polar surface area (TPSA) is 135 Å². The van der Waals surface area contributed by atoms with E-state index >= 15 is 0 Å². The second-order valence-electron chi connectivity index (χ2n) is 10.8. The Labute approximate surface area is 265 Å². The van der Waals surface area contributed by atoms with Crippen molar-refractivity contribution in [3.8, 4) is 0 Å². The second kappa shape index (κ2) is 18.2. The number of hydrogen-bond donors (Lipinski definition) is 3. The van der Waals surface area contributed by atoms with E-state index in [1.54, 1.807) is 54.6 Å². The number of nitrogens with zero attached hydrogens (tertiary/aromatic N) is 1. The summed E-state index contributed by atoms with van der Waals surface area (Å²) in [4.78, 5) is 58.5. The van der Waals surface area contributed by atoms with Crippen molar-refractivity contribution in [2.75, 3.05) is 20.8 Å². The predicted molar refractivity (Wildman–Crippen MR) is 168 cm³/mol. The maximum absolute atomic E-state index is 13.8. The quantitative estimate of drug-likeness (QED) is 0.165. The summed E-state index contributed by atoms with van der Waals surface area (Å²) >= 11 is 0. The highest BCUT2D eigenvalue weighted by Crippen LogP contribution is 2.09. The molecular formula is C34H42N4O7. The van der Waals surface area contributed by atoms with Crippen LogP contribution in [0.15, 0.2) is 91.0 Å². The fourth-order valence-corrected chi connectivity index (χ4v) is 4.22. The number of ether oxygens (including phenoxy) is 2. The van der Waals surface area contributed by atoms with E-state index in [9.17, 15) is 19.2 Å².